The Hall–Kier alpha value is 3.35. The molecule has 101 heavy (non-hydrogen) atoms. The van der Waals surface area contributed by atoms with E-state index in [-0.39, 0.29) is 93.1 Å². The Morgan fingerprint density at radius 3 is 1.18 bits per heavy atom. The van der Waals surface area contributed by atoms with E-state index in [0.717, 1.165) is 61.4 Å². The molecule has 0 aromatic carbocycles. The van der Waals surface area contributed by atoms with Crippen LogP contribution in [0.5, 0.6) is 0 Å². The van der Waals surface area contributed by atoms with Crippen LogP contribution >= 0.6 is 265 Å². The van der Waals surface area contributed by atoms with Gasteiger partial charge in [0.05, 0.1) is 29.8 Å². The van der Waals surface area contributed by atoms with Gasteiger partial charge in [0.2, 0.25) is 5.91 Å². The summed E-state index contributed by atoms with van der Waals surface area (Å²) in [4.78, 5) is 59.9. The first-order valence-electron chi connectivity index (χ1n) is 24.4. The number of carbonyl (C=O) groups excluding carboxylic acids is 1. The van der Waals surface area contributed by atoms with Gasteiger partial charge in [0.1, 0.15) is 53.0 Å². The van der Waals surface area contributed by atoms with Crippen LogP contribution in [0.25, 0.3) is 16.6 Å². The van der Waals surface area contributed by atoms with Crippen LogP contribution < -0.4 is 44.3 Å². The standard InChI is InChI=1S/C8H9ClN4.C8H10ClN3O.C7H8ClN5.C7H7ClN4.C5H6ClN3.C3H6O2.2CH4.5B.Cl3OP.5H4NP.2H6P4.H5P3.H4P2.H3P/c1-3-6-12-5(2)7-8(9)10-4-11-13(6)7;1-2-7(13)12-5-6-8(9)11-4-3-10-6;1-2-4-12-7(9)5-6(8)10-3-11-13(4)5;1-2-6-9-3-5-7(8)10-4-11-12(5)6;6-5-4(3-7)8-1-2-9-5;1-2-3(4)5;;;;;;;;1-5(2,3)4;5*1-2;2*1-4(2)3;1-3-2;1-2;/h4H,3H2,1-2H3;3-4H,2,5H2,1H3,(H,12,13);3H,2,9H2,1H3;3-4H,2H2,1H3;1-2H,3,7H2;2H2,1H3,(H,4,5);2*1H4;;;;;;;5*1-2H2;2*1-3H2;3H,1-2H2;1-2H2;1H3. The smallest absolute Gasteiger partial charge is 0.339 e. The maximum absolute atomic E-state index is 10.9. The van der Waals surface area contributed by atoms with Crippen molar-refractivity contribution in [2.45, 2.75) is 102 Å². The predicted molar refractivity (Wildman–Crippen MR) is 514 cm³/mol. The fraction of sp³-hybridized carbons (Fsp3) is 0.375. The summed E-state index contributed by atoms with van der Waals surface area (Å²) >= 11 is 42.7. The zero-order valence-corrected chi connectivity index (χ0v) is 83.0. The number of amides is 1. The van der Waals surface area contributed by atoms with Crippen molar-refractivity contribution in [3.05, 3.63) is 110 Å². The van der Waals surface area contributed by atoms with Crippen molar-refractivity contribution in [2.24, 2.45) is 33.3 Å². The number of carboxylic acid groups (broad SMARTS) is 1. The number of nitrogens with one attached hydrogen (secondary N) is 1. The van der Waals surface area contributed by atoms with Crippen molar-refractivity contribution in [2.75, 3.05) is 5.73 Å². The Kier molecular flexibility index (Phi) is 138. The minimum Gasteiger partial charge on any atom is -0.481 e. The molecule has 0 fully saturated rings. The molecule has 16 N–H and O–H groups in total. The van der Waals surface area contributed by atoms with Gasteiger partial charge in [-0.1, -0.05) is 162 Å². The zero-order valence-electron chi connectivity index (χ0n) is 54.6. The fourth-order valence-electron chi connectivity index (χ4n) is 4.92. The molecule has 0 bridgehead atoms. The molecule has 8 aromatic heterocycles. The van der Waals surface area contributed by atoms with Gasteiger partial charge in [0.15, 0.2) is 31.6 Å². The van der Waals surface area contributed by atoms with E-state index in [1.807, 2.05) is 74.6 Å². The third-order valence-electron chi connectivity index (χ3n) is 8.13. The molecule has 1 amide bonds. The molecule has 0 aliphatic heterocycles. The quantitative estimate of drug-likeness (QED) is 0.0504. The number of imidazole rings is 3. The van der Waals surface area contributed by atoms with E-state index in [1.165, 1.54) is 31.4 Å². The van der Waals surface area contributed by atoms with Gasteiger partial charge in [-0.3, -0.25) is 24.1 Å². The highest BCUT2D eigenvalue weighted by Gasteiger charge is 2.13. The Morgan fingerprint density at radius 2 is 0.861 bits per heavy atom. The number of aryl methyl sites for hydroxylation is 4. The molecule has 8 rings (SSSR count). The molecule has 0 spiro atoms. The molecular weight excluding hydrogens is 1840 g/mol. The van der Waals surface area contributed by atoms with E-state index in [9.17, 15) is 14.2 Å². The number of rotatable bonds is 8. The number of aliphatic carboxylic acids is 1. The SMILES string of the molecule is C.C.CCC(=O)NCc1nccnc1Cl.CCC(=O)O.CCc1nc(C)c2c(Cl)ncnn12.CCc1nc(N)c2c(Cl)ncnn12.CCc1ncc2c(Cl)ncnn12.NCc1nccnc1Cl.NP.NP.NP.NP.NP.O=P(Cl)(Cl)Cl.P.PP.PP(P)P.PP(P)P.PPP.[B].[B].[B].[B].[B]. The van der Waals surface area contributed by atoms with Crippen LogP contribution in [0.2, 0.25) is 25.8 Å². The minimum absolute atomic E-state index is 0. The molecule has 61 heteroatoms. The second-order valence-electron chi connectivity index (χ2n) is 13.9. The number of hydrogen-bond donors (Lipinski definition) is 9. The third-order valence-corrected chi connectivity index (χ3v) is 9.61. The minimum atomic E-state index is -3.22. The lowest BCUT2D eigenvalue weighted by Crippen LogP contribution is -2.22. The average molecular weight is 1940 g/mol. The number of nitrogen functional groups attached to an aromatic ring is 1. The highest BCUT2D eigenvalue weighted by atomic mass is 36.0. The molecule has 573 valence electrons. The summed E-state index contributed by atoms with van der Waals surface area (Å²) < 4.78 is 14.6. The molecule has 28 nitrogen and oxygen atoms in total. The Labute approximate surface area is 689 Å². The van der Waals surface area contributed by atoms with E-state index >= 15 is 0 Å². The van der Waals surface area contributed by atoms with Gasteiger partial charge in [0.25, 0.3) is 0 Å². The summed E-state index contributed by atoms with van der Waals surface area (Å²) in [5, 5.41) is 21.3. The topological polar surface area (TPSA) is 446 Å². The highest BCUT2D eigenvalue weighted by molar-refractivity contribution is 8.66. The van der Waals surface area contributed by atoms with Crippen molar-refractivity contribution >= 4 is 341 Å². The number of nitrogens with zero attached hydrogens (tertiary/aromatic N) is 16. The van der Waals surface area contributed by atoms with Crippen LogP contribution in [0.4, 0.5) is 5.82 Å². The number of carbonyl (C=O) groups is 2. The Morgan fingerprint density at radius 1 is 0.554 bits per heavy atom. The summed E-state index contributed by atoms with van der Waals surface area (Å²) in [6.07, 6.45) is 15.2. The molecule has 15 radical (unpaired) electrons. The molecular formula is C40H98B5Cl8N24O4P20. The van der Waals surface area contributed by atoms with Crippen LogP contribution in [-0.4, -0.2) is 138 Å². The lowest BCUT2D eigenvalue weighted by molar-refractivity contribution is -0.136. The summed E-state index contributed by atoms with van der Waals surface area (Å²) in [5.74, 6) is 2.21. The lowest BCUT2D eigenvalue weighted by Gasteiger charge is -2.03. The van der Waals surface area contributed by atoms with Gasteiger partial charge in [-0.25, -0.2) is 53.4 Å². The number of hydrogen-bond acceptors (Lipinski definition) is 23. The summed E-state index contributed by atoms with van der Waals surface area (Å²) in [7, 11) is 36.2. The van der Waals surface area contributed by atoms with Crippen LogP contribution in [0, 0.1) is 6.92 Å². The van der Waals surface area contributed by atoms with Gasteiger partial charge < -0.3 is 49.4 Å². The van der Waals surface area contributed by atoms with Gasteiger partial charge in [0, 0.05) is 106 Å². The molecule has 8 aromatic rings. The van der Waals surface area contributed by atoms with Gasteiger partial charge in [-0.2, -0.15) is 25.2 Å². The maximum atomic E-state index is 10.9. The maximum Gasteiger partial charge on any atom is 0.339 e. The summed E-state index contributed by atoms with van der Waals surface area (Å²) in [6.45, 7) is 12.3. The van der Waals surface area contributed by atoms with Gasteiger partial charge in [-0.15, -0.1) is 89.3 Å². The number of aromatic nitrogens is 16. The van der Waals surface area contributed by atoms with Gasteiger partial charge in [-0.05, 0) is 54.6 Å². The number of fused-ring (bicyclic) bond motifs is 3. The van der Waals surface area contributed by atoms with Crippen molar-refractivity contribution in [1.82, 2.24) is 84.0 Å². The second-order valence-corrected chi connectivity index (χ2v) is 49.9. The Bertz CT molecular complexity index is 3080. The van der Waals surface area contributed by atoms with E-state index in [0.29, 0.717) is 68.0 Å². The van der Waals surface area contributed by atoms with Crippen LogP contribution in [0.1, 0.15) is 96.9 Å². The number of anilines is 1. The highest BCUT2D eigenvalue weighted by Crippen LogP contribution is 2.61. The molecule has 8 heterocycles. The van der Waals surface area contributed by atoms with Crippen LogP contribution in [0.3, 0.4) is 0 Å². The summed E-state index contributed by atoms with van der Waals surface area (Å²) in [5.41, 5.74) is 37.3. The predicted octanol–water partition coefficient (Wildman–Crippen LogP) is 12.6. The zero-order chi connectivity index (χ0) is 74.4. The monoisotopic (exact) mass is 1930 g/mol. The number of nitrogens with two attached hydrogens (primary N) is 7. The number of carboxylic acids is 1. The van der Waals surface area contributed by atoms with Crippen molar-refractivity contribution in [3.63, 3.8) is 0 Å². The number of halogens is 8. The second kappa shape index (κ2) is 97.6. The third kappa shape index (κ3) is 77.1. The first-order chi connectivity index (χ1) is 44.0. The van der Waals surface area contributed by atoms with Crippen LogP contribution in [0.15, 0.2) is 50.0 Å². The van der Waals surface area contributed by atoms with E-state index in [2.05, 4.69) is 221 Å². The molecule has 16 unspecified atom stereocenters. The van der Waals surface area contributed by atoms with Crippen LogP contribution in [-0.2, 0) is 46.5 Å². The van der Waals surface area contributed by atoms with Crippen molar-refractivity contribution in [1.29, 1.82) is 0 Å². The van der Waals surface area contributed by atoms with E-state index < -0.39 is 11.2 Å². The molecule has 0 saturated carbocycles. The normalized spacial score (nSPS) is 8.41. The summed E-state index contributed by atoms with van der Waals surface area (Å²) in [6, 6.07) is 0. The molecule has 0 aliphatic rings. The van der Waals surface area contributed by atoms with Crippen molar-refractivity contribution < 1.29 is 19.3 Å². The first kappa shape index (κ1) is 143. The lowest BCUT2D eigenvalue weighted by atomic mass is 10.4. The van der Waals surface area contributed by atoms with E-state index in [1.54, 1.807) is 46.0 Å². The van der Waals surface area contributed by atoms with Crippen molar-refractivity contribution in [3.8, 4) is 0 Å². The Balaban J connectivity index is -0.0000000568. The fourth-order valence-corrected chi connectivity index (χ4v) is 5.93. The molecule has 0 aliphatic carbocycles. The average Bonchev–Trinajstić information content (AvgIpc) is 1.48. The van der Waals surface area contributed by atoms with Gasteiger partial charge >= 0.3 is 11.2 Å². The molecule has 0 saturated heterocycles. The first-order valence-corrected chi connectivity index (χ1v) is 53.7. The molecule has 16 atom stereocenters. The van der Waals surface area contributed by atoms with E-state index in [4.69, 9.17) is 74.6 Å². The largest absolute Gasteiger partial charge is 0.481 e.